The van der Waals surface area contributed by atoms with Gasteiger partial charge in [-0.25, -0.2) is 4.79 Å². The molecule has 0 amide bonds. The fraction of sp³-hybridized carbons (Fsp3) is 0.727. The van der Waals surface area contributed by atoms with Gasteiger partial charge in [-0.15, -0.1) is 0 Å². The van der Waals surface area contributed by atoms with Gasteiger partial charge in [-0.05, 0) is 19.3 Å². The summed E-state index contributed by atoms with van der Waals surface area (Å²) in [4.78, 5) is 20.8. The first-order chi connectivity index (χ1) is 6.63. The quantitative estimate of drug-likeness (QED) is 0.286. The highest BCUT2D eigenvalue weighted by molar-refractivity contribution is 5.88. The van der Waals surface area contributed by atoms with Gasteiger partial charge in [0.05, 0.1) is 6.61 Å². The van der Waals surface area contributed by atoms with Gasteiger partial charge < -0.3 is 0 Å². The van der Waals surface area contributed by atoms with Crippen LogP contribution >= 0.6 is 0 Å². The Labute approximate surface area is 86.0 Å². The van der Waals surface area contributed by atoms with Crippen LogP contribution in [-0.2, 0) is 14.6 Å². The molecule has 0 aliphatic heterocycles. The second-order valence-electron chi connectivity index (χ2n) is 3.45. The third-order valence-electron chi connectivity index (χ3n) is 1.88. The van der Waals surface area contributed by atoms with E-state index in [1.54, 1.807) is 6.08 Å². The largest absolute Gasteiger partial charge is 0.369 e. The molecule has 0 atom stereocenters. The predicted octanol–water partition coefficient (Wildman–Crippen LogP) is 2.86. The molecule has 0 unspecified atom stereocenters. The molecule has 0 aromatic rings. The van der Waals surface area contributed by atoms with Crippen LogP contribution in [0, 0.1) is 5.92 Å². The highest BCUT2D eigenvalue weighted by Crippen LogP contribution is 2.11. The Morgan fingerprint density at radius 2 is 2.07 bits per heavy atom. The van der Waals surface area contributed by atoms with Gasteiger partial charge in [0.15, 0.2) is 0 Å². The SMILES string of the molecule is C/C=C(/C(=O)OOCCCC)C(C)C. The normalized spacial score (nSPS) is 11.9. The Kier molecular flexibility index (Phi) is 7.11. The smallest absolute Gasteiger partial charge is 0.293 e. The van der Waals surface area contributed by atoms with E-state index in [0.29, 0.717) is 12.2 Å². The Hall–Kier alpha value is -0.830. The molecule has 0 aromatic carbocycles. The van der Waals surface area contributed by atoms with Gasteiger partial charge in [0.25, 0.3) is 0 Å². The molecule has 0 heterocycles. The zero-order valence-corrected chi connectivity index (χ0v) is 9.50. The molecule has 0 bridgehead atoms. The standard InChI is InChI=1S/C11H20O3/c1-5-7-8-13-14-11(12)10(6-2)9(3)4/h6,9H,5,7-8H2,1-4H3/b10-6+. The van der Waals surface area contributed by atoms with E-state index < -0.39 is 0 Å². The zero-order valence-electron chi connectivity index (χ0n) is 9.50. The zero-order chi connectivity index (χ0) is 11.0. The second-order valence-corrected chi connectivity index (χ2v) is 3.45. The van der Waals surface area contributed by atoms with Crippen LogP contribution in [-0.4, -0.2) is 12.6 Å². The van der Waals surface area contributed by atoms with Crippen molar-refractivity contribution in [1.29, 1.82) is 0 Å². The van der Waals surface area contributed by atoms with E-state index in [1.165, 1.54) is 0 Å². The molecule has 0 N–H and O–H groups in total. The topological polar surface area (TPSA) is 35.5 Å². The molecule has 0 rings (SSSR count). The number of allylic oxidation sites excluding steroid dienone is 1. The molecule has 3 nitrogen and oxygen atoms in total. The number of hydrogen-bond acceptors (Lipinski definition) is 3. The average molecular weight is 200 g/mol. The number of carbonyl (C=O) groups is 1. The van der Waals surface area contributed by atoms with Crippen molar-refractivity contribution in [3.8, 4) is 0 Å². The van der Waals surface area contributed by atoms with Gasteiger partial charge in [-0.2, -0.15) is 4.89 Å². The Morgan fingerprint density at radius 3 is 2.50 bits per heavy atom. The molecule has 3 heteroatoms. The summed E-state index contributed by atoms with van der Waals surface area (Å²) in [7, 11) is 0. The lowest BCUT2D eigenvalue weighted by molar-refractivity contribution is -0.269. The molecule has 0 spiro atoms. The summed E-state index contributed by atoms with van der Waals surface area (Å²) >= 11 is 0. The van der Waals surface area contributed by atoms with E-state index in [9.17, 15) is 4.79 Å². The van der Waals surface area contributed by atoms with Crippen LogP contribution < -0.4 is 0 Å². The molecule has 0 radical (unpaired) electrons. The van der Waals surface area contributed by atoms with E-state index in [2.05, 4.69) is 11.8 Å². The van der Waals surface area contributed by atoms with Gasteiger partial charge in [-0.3, -0.25) is 4.89 Å². The monoisotopic (exact) mass is 200 g/mol. The van der Waals surface area contributed by atoms with Crippen LogP contribution in [0.15, 0.2) is 11.6 Å². The molecule has 0 fully saturated rings. The summed E-state index contributed by atoms with van der Waals surface area (Å²) in [5.74, 6) is -0.208. The lowest BCUT2D eigenvalue weighted by atomic mass is 10.0. The number of rotatable bonds is 6. The van der Waals surface area contributed by atoms with Crippen LogP contribution in [0.4, 0.5) is 0 Å². The minimum Gasteiger partial charge on any atom is -0.293 e. The molecule has 0 saturated carbocycles. The van der Waals surface area contributed by atoms with Crippen LogP contribution in [0.3, 0.4) is 0 Å². The van der Waals surface area contributed by atoms with Crippen molar-refractivity contribution in [2.24, 2.45) is 5.92 Å². The molecule has 0 aliphatic rings. The van der Waals surface area contributed by atoms with E-state index in [0.717, 1.165) is 12.8 Å². The summed E-state index contributed by atoms with van der Waals surface area (Å²) in [6, 6.07) is 0. The Balaban J connectivity index is 3.83. The molecular weight excluding hydrogens is 180 g/mol. The first kappa shape index (κ1) is 13.2. The summed E-state index contributed by atoms with van der Waals surface area (Å²) in [6.45, 7) is 8.24. The van der Waals surface area contributed by atoms with E-state index >= 15 is 0 Å². The third-order valence-corrected chi connectivity index (χ3v) is 1.88. The van der Waals surface area contributed by atoms with Crippen LogP contribution in [0.25, 0.3) is 0 Å². The van der Waals surface area contributed by atoms with Crippen molar-refractivity contribution in [3.63, 3.8) is 0 Å². The number of unbranched alkanes of at least 4 members (excludes halogenated alkanes) is 1. The van der Waals surface area contributed by atoms with Gasteiger partial charge in [0.1, 0.15) is 0 Å². The highest BCUT2D eigenvalue weighted by Gasteiger charge is 2.14. The van der Waals surface area contributed by atoms with Gasteiger partial charge >= 0.3 is 5.97 Å². The summed E-state index contributed by atoms with van der Waals surface area (Å²) in [6.07, 6.45) is 3.69. The third kappa shape index (κ3) is 5.02. The van der Waals surface area contributed by atoms with E-state index in [4.69, 9.17) is 4.89 Å². The molecule has 82 valence electrons. The van der Waals surface area contributed by atoms with Crippen molar-refractivity contribution in [2.45, 2.75) is 40.5 Å². The molecule has 0 aromatic heterocycles. The van der Waals surface area contributed by atoms with Gasteiger partial charge in [-0.1, -0.05) is 33.3 Å². The predicted molar refractivity (Wildman–Crippen MR) is 55.5 cm³/mol. The van der Waals surface area contributed by atoms with Crippen LogP contribution in [0.5, 0.6) is 0 Å². The highest BCUT2D eigenvalue weighted by atomic mass is 17.2. The fourth-order valence-corrected chi connectivity index (χ4v) is 1.03. The lowest BCUT2D eigenvalue weighted by Gasteiger charge is -2.08. The lowest BCUT2D eigenvalue weighted by Crippen LogP contribution is -2.13. The van der Waals surface area contributed by atoms with Gasteiger partial charge in [0, 0.05) is 5.57 Å². The van der Waals surface area contributed by atoms with Crippen molar-refractivity contribution >= 4 is 5.97 Å². The van der Waals surface area contributed by atoms with Crippen molar-refractivity contribution in [1.82, 2.24) is 0 Å². The van der Waals surface area contributed by atoms with Crippen LogP contribution in [0.1, 0.15) is 40.5 Å². The van der Waals surface area contributed by atoms with E-state index in [-0.39, 0.29) is 11.9 Å². The maximum Gasteiger partial charge on any atom is 0.369 e. The summed E-state index contributed by atoms with van der Waals surface area (Å²) < 4.78 is 0. The molecule has 14 heavy (non-hydrogen) atoms. The van der Waals surface area contributed by atoms with Crippen molar-refractivity contribution in [2.75, 3.05) is 6.61 Å². The van der Waals surface area contributed by atoms with Crippen molar-refractivity contribution < 1.29 is 14.6 Å². The number of carbonyl (C=O) groups excluding carboxylic acids is 1. The second kappa shape index (κ2) is 7.56. The number of hydrogen-bond donors (Lipinski definition) is 0. The maximum absolute atomic E-state index is 11.4. The minimum absolute atomic E-state index is 0.169. The summed E-state index contributed by atoms with van der Waals surface area (Å²) in [5, 5.41) is 0. The first-order valence-corrected chi connectivity index (χ1v) is 5.13. The first-order valence-electron chi connectivity index (χ1n) is 5.13. The Morgan fingerprint density at radius 1 is 1.43 bits per heavy atom. The summed E-state index contributed by atoms with van der Waals surface area (Å²) in [5.41, 5.74) is 0.654. The van der Waals surface area contributed by atoms with E-state index in [1.807, 2.05) is 20.8 Å². The average Bonchev–Trinajstić information content (AvgIpc) is 2.13. The van der Waals surface area contributed by atoms with Crippen molar-refractivity contribution in [3.05, 3.63) is 11.6 Å². The maximum atomic E-state index is 11.4. The Bertz CT molecular complexity index is 195. The van der Waals surface area contributed by atoms with Crippen LogP contribution in [0.2, 0.25) is 0 Å². The molecular formula is C11H20O3. The fourth-order valence-electron chi connectivity index (χ4n) is 1.03. The minimum atomic E-state index is -0.376. The molecule has 0 aliphatic carbocycles. The van der Waals surface area contributed by atoms with Gasteiger partial charge in [0.2, 0.25) is 0 Å². The molecule has 0 saturated heterocycles.